The highest BCUT2D eigenvalue weighted by molar-refractivity contribution is 9.10. The molecule has 1 amide bonds. The first-order valence-electron chi connectivity index (χ1n) is 9.14. The molecule has 1 aromatic heterocycles. The van der Waals surface area contributed by atoms with Gasteiger partial charge in [0.2, 0.25) is 0 Å². The van der Waals surface area contributed by atoms with E-state index < -0.39 is 23.5 Å². The van der Waals surface area contributed by atoms with Gasteiger partial charge in [-0.25, -0.2) is 4.39 Å². The van der Waals surface area contributed by atoms with Gasteiger partial charge in [0.25, 0.3) is 11.7 Å². The molecule has 3 aromatic rings. The second kappa shape index (κ2) is 8.20. The minimum Gasteiger partial charge on any atom is -0.507 e. The summed E-state index contributed by atoms with van der Waals surface area (Å²) in [6, 6.07) is 15.1. The molecule has 0 bridgehead atoms. The fourth-order valence-electron chi connectivity index (χ4n) is 3.52. The maximum atomic E-state index is 13.3. The maximum absolute atomic E-state index is 13.3. The summed E-state index contributed by atoms with van der Waals surface area (Å²) in [6.45, 7) is 0.149. The molecule has 1 atom stereocenters. The molecule has 2 heterocycles. The van der Waals surface area contributed by atoms with Crippen LogP contribution >= 0.6 is 15.9 Å². The number of likely N-dealkylation sites (tertiary alicyclic amines) is 1. The Kier molecular flexibility index (Phi) is 5.46. The molecule has 1 fully saturated rings. The summed E-state index contributed by atoms with van der Waals surface area (Å²) in [7, 11) is 0. The van der Waals surface area contributed by atoms with Crippen molar-refractivity contribution in [2.24, 2.45) is 0 Å². The highest BCUT2D eigenvalue weighted by Crippen LogP contribution is 2.40. The lowest BCUT2D eigenvalue weighted by molar-refractivity contribution is -0.140. The number of aliphatic hydroxyl groups excluding tert-OH is 1. The molecule has 0 unspecified atom stereocenters. The van der Waals surface area contributed by atoms with Crippen molar-refractivity contribution in [2.45, 2.75) is 12.6 Å². The Morgan fingerprint density at radius 1 is 1.10 bits per heavy atom. The number of pyridine rings is 1. The summed E-state index contributed by atoms with van der Waals surface area (Å²) in [5.74, 6) is -2.31. The second-order valence-corrected chi connectivity index (χ2v) is 7.77. The van der Waals surface area contributed by atoms with Gasteiger partial charge in [-0.05, 0) is 53.6 Å². The summed E-state index contributed by atoms with van der Waals surface area (Å²) in [5, 5.41) is 10.9. The zero-order valence-corrected chi connectivity index (χ0v) is 17.2. The fourth-order valence-corrected chi connectivity index (χ4v) is 3.93. The van der Waals surface area contributed by atoms with Gasteiger partial charge in [-0.2, -0.15) is 0 Å². The number of ketones is 1. The SMILES string of the molecule is O=C1C(=O)N(Cc2cccnc2)[C@H](c2cccc(Br)c2)C1=C(O)c1ccc(F)cc1. The molecule has 150 valence electrons. The quantitative estimate of drug-likeness (QED) is 0.346. The summed E-state index contributed by atoms with van der Waals surface area (Å²) in [5.41, 5.74) is 1.64. The van der Waals surface area contributed by atoms with E-state index in [0.717, 1.165) is 10.0 Å². The molecular formula is C23H16BrFN2O3. The van der Waals surface area contributed by atoms with E-state index in [1.54, 1.807) is 36.7 Å². The topological polar surface area (TPSA) is 70.5 Å². The Labute approximate surface area is 180 Å². The predicted molar refractivity (Wildman–Crippen MR) is 113 cm³/mol. The van der Waals surface area contributed by atoms with Crippen LogP contribution in [-0.2, 0) is 16.1 Å². The van der Waals surface area contributed by atoms with E-state index in [1.807, 2.05) is 12.1 Å². The first kappa shape index (κ1) is 20.0. The van der Waals surface area contributed by atoms with Crippen molar-refractivity contribution in [2.75, 3.05) is 0 Å². The lowest BCUT2D eigenvalue weighted by Crippen LogP contribution is -2.29. The molecule has 1 saturated heterocycles. The number of amides is 1. The first-order chi connectivity index (χ1) is 14.5. The standard InChI is InChI=1S/C23H16BrFN2O3/c24-17-5-1-4-16(11-17)20-19(21(28)15-6-8-18(25)9-7-15)22(29)23(30)27(20)13-14-3-2-10-26-12-14/h1-12,20,28H,13H2/t20-/m1/s1. The van der Waals surface area contributed by atoms with E-state index in [1.165, 1.54) is 29.2 Å². The van der Waals surface area contributed by atoms with Gasteiger partial charge in [0, 0.05) is 29.0 Å². The average Bonchev–Trinajstić information content (AvgIpc) is 2.99. The Hall–Kier alpha value is -3.32. The Balaban J connectivity index is 1.87. The van der Waals surface area contributed by atoms with E-state index in [0.29, 0.717) is 5.56 Å². The first-order valence-corrected chi connectivity index (χ1v) is 9.93. The monoisotopic (exact) mass is 466 g/mol. The molecule has 1 aliphatic heterocycles. The molecule has 5 nitrogen and oxygen atoms in total. The summed E-state index contributed by atoms with van der Waals surface area (Å²) in [6.07, 6.45) is 3.25. The summed E-state index contributed by atoms with van der Waals surface area (Å²) in [4.78, 5) is 31.3. The van der Waals surface area contributed by atoms with Crippen LogP contribution in [0.2, 0.25) is 0 Å². The van der Waals surface area contributed by atoms with Crippen molar-refractivity contribution in [1.29, 1.82) is 0 Å². The van der Waals surface area contributed by atoms with Crippen LogP contribution in [0.5, 0.6) is 0 Å². The van der Waals surface area contributed by atoms with Crippen LogP contribution in [0.3, 0.4) is 0 Å². The molecule has 1 N–H and O–H groups in total. The van der Waals surface area contributed by atoms with Crippen molar-refractivity contribution < 1.29 is 19.1 Å². The van der Waals surface area contributed by atoms with Gasteiger partial charge >= 0.3 is 0 Å². The number of benzene rings is 2. The van der Waals surface area contributed by atoms with Crippen LogP contribution in [-0.4, -0.2) is 26.7 Å². The van der Waals surface area contributed by atoms with Crippen molar-refractivity contribution in [3.8, 4) is 0 Å². The van der Waals surface area contributed by atoms with Crippen molar-refractivity contribution in [1.82, 2.24) is 9.88 Å². The maximum Gasteiger partial charge on any atom is 0.295 e. The molecular weight excluding hydrogens is 451 g/mol. The number of aliphatic hydroxyl groups is 1. The molecule has 0 spiro atoms. The van der Waals surface area contributed by atoms with E-state index in [2.05, 4.69) is 20.9 Å². The lowest BCUT2D eigenvalue weighted by atomic mass is 9.95. The Morgan fingerprint density at radius 2 is 1.87 bits per heavy atom. The summed E-state index contributed by atoms with van der Waals surface area (Å²) < 4.78 is 14.1. The third kappa shape index (κ3) is 3.76. The fraction of sp³-hybridized carbons (Fsp3) is 0.0870. The van der Waals surface area contributed by atoms with Crippen molar-refractivity contribution in [3.05, 3.63) is 106 Å². The van der Waals surface area contributed by atoms with Crippen LogP contribution in [0.25, 0.3) is 5.76 Å². The van der Waals surface area contributed by atoms with Crippen LogP contribution in [0.4, 0.5) is 4.39 Å². The smallest absolute Gasteiger partial charge is 0.295 e. The van der Waals surface area contributed by atoms with Gasteiger partial charge in [0.05, 0.1) is 11.6 Å². The predicted octanol–water partition coefficient (Wildman–Crippen LogP) is 4.61. The minimum absolute atomic E-state index is 0.0337. The third-order valence-electron chi connectivity index (χ3n) is 4.90. The van der Waals surface area contributed by atoms with Crippen LogP contribution in [0.15, 0.2) is 83.1 Å². The number of hydrogen-bond donors (Lipinski definition) is 1. The summed E-state index contributed by atoms with van der Waals surface area (Å²) >= 11 is 3.42. The molecule has 0 saturated carbocycles. The zero-order chi connectivity index (χ0) is 21.3. The number of carbonyl (C=O) groups excluding carboxylic acids is 2. The number of hydrogen-bond acceptors (Lipinski definition) is 4. The Bertz CT molecular complexity index is 1150. The van der Waals surface area contributed by atoms with Gasteiger partial charge in [-0.3, -0.25) is 14.6 Å². The average molecular weight is 467 g/mol. The molecule has 0 aliphatic carbocycles. The number of Topliss-reactive ketones (excluding diaryl/α,β-unsaturated/α-hetero) is 1. The highest BCUT2D eigenvalue weighted by Gasteiger charge is 2.46. The number of halogens is 2. The van der Waals surface area contributed by atoms with Crippen molar-refractivity contribution >= 4 is 33.4 Å². The zero-order valence-electron chi connectivity index (χ0n) is 15.6. The van der Waals surface area contributed by atoms with Gasteiger partial charge in [0.1, 0.15) is 11.6 Å². The molecule has 2 aromatic carbocycles. The van der Waals surface area contributed by atoms with Gasteiger partial charge < -0.3 is 10.0 Å². The Morgan fingerprint density at radius 3 is 2.53 bits per heavy atom. The van der Waals surface area contributed by atoms with Crippen molar-refractivity contribution in [3.63, 3.8) is 0 Å². The van der Waals surface area contributed by atoms with E-state index in [-0.39, 0.29) is 23.4 Å². The molecule has 0 radical (unpaired) electrons. The minimum atomic E-state index is -0.798. The van der Waals surface area contributed by atoms with E-state index in [4.69, 9.17) is 0 Å². The van der Waals surface area contributed by atoms with Crippen LogP contribution < -0.4 is 0 Å². The second-order valence-electron chi connectivity index (χ2n) is 6.85. The molecule has 1 aliphatic rings. The number of nitrogens with zero attached hydrogens (tertiary/aromatic N) is 2. The normalized spacial score (nSPS) is 18.1. The van der Waals surface area contributed by atoms with Gasteiger partial charge in [-0.15, -0.1) is 0 Å². The van der Waals surface area contributed by atoms with Crippen LogP contribution in [0.1, 0.15) is 22.7 Å². The third-order valence-corrected chi connectivity index (χ3v) is 5.39. The van der Waals surface area contributed by atoms with Crippen LogP contribution in [0, 0.1) is 5.82 Å². The molecule has 4 rings (SSSR count). The van der Waals surface area contributed by atoms with E-state index >= 15 is 0 Å². The van der Waals surface area contributed by atoms with Gasteiger partial charge in [-0.1, -0.05) is 34.1 Å². The van der Waals surface area contributed by atoms with Gasteiger partial charge in [0.15, 0.2) is 0 Å². The number of rotatable bonds is 4. The number of aromatic nitrogens is 1. The molecule has 30 heavy (non-hydrogen) atoms. The number of carbonyl (C=O) groups is 2. The highest BCUT2D eigenvalue weighted by atomic mass is 79.9. The van der Waals surface area contributed by atoms with E-state index in [9.17, 15) is 19.1 Å². The lowest BCUT2D eigenvalue weighted by Gasteiger charge is -2.25. The molecule has 7 heteroatoms. The largest absolute Gasteiger partial charge is 0.507 e.